The van der Waals surface area contributed by atoms with Gasteiger partial charge in [-0.15, -0.1) is 0 Å². The first-order valence-corrected chi connectivity index (χ1v) is 9.47. The van der Waals surface area contributed by atoms with Gasteiger partial charge in [-0.2, -0.15) is 4.98 Å². The van der Waals surface area contributed by atoms with E-state index in [1.807, 2.05) is 0 Å². The standard InChI is InChI=1S/C9H15N3O11P2.Na/c10-5-1-2-12(9(15)11-5)8-7(14)6(13)4(22-8)3-21-25(19,20)23-24(16,17)18;/h1-2,4,6-8,13-14H,3H2,(H,19,20)(H2,10,11,15)(H2,16,17,18);/q;+1/p-1. The monoisotopic (exact) mass is 425 g/mol. The van der Waals surface area contributed by atoms with Gasteiger partial charge >= 0.3 is 43.1 Å². The molecule has 0 aliphatic carbocycles. The minimum atomic E-state index is -5.40. The van der Waals surface area contributed by atoms with Crippen molar-refractivity contribution in [2.24, 2.45) is 0 Å². The molecule has 0 spiro atoms. The topological polar surface area (TPSA) is 227 Å². The second-order valence-corrected chi connectivity index (χ2v) is 7.69. The normalized spacial score (nSPS) is 28.3. The van der Waals surface area contributed by atoms with Crippen LogP contribution in [0.25, 0.3) is 0 Å². The van der Waals surface area contributed by atoms with E-state index in [9.17, 15) is 29.0 Å². The van der Waals surface area contributed by atoms with Crippen molar-refractivity contribution in [1.29, 1.82) is 0 Å². The molecule has 1 aliphatic heterocycles. The zero-order valence-corrected chi connectivity index (χ0v) is 17.0. The molecule has 1 fully saturated rings. The van der Waals surface area contributed by atoms with Crippen LogP contribution in [0.2, 0.25) is 0 Å². The number of ether oxygens (including phenoxy) is 1. The largest absolute Gasteiger partial charge is 1.00 e. The molecule has 5 atom stereocenters. The van der Waals surface area contributed by atoms with Crippen LogP contribution in [0.15, 0.2) is 17.1 Å². The minimum Gasteiger partial charge on any atom is -0.756 e. The Kier molecular flexibility index (Phi) is 8.15. The Morgan fingerprint density at radius 2 is 1.96 bits per heavy atom. The summed E-state index contributed by atoms with van der Waals surface area (Å²) >= 11 is 0. The number of anilines is 1. The van der Waals surface area contributed by atoms with E-state index in [2.05, 4.69) is 13.8 Å². The quantitative estimate of drug-likeness (QED) is 0.211. The summed E-state index contributed by atoms with van der Waals surface area (Å²) in [7, 11) is -10.8. The van der Waals surface area contributed by atoms with Crippen LogP contribution in [0.4, 0.5) is 5.82 Å². The number of phosphoric acid groups is 2. The van der Waals surface area contributed by atoms with Gasteiger partial charge in [-0.1, -0.05) is 0 Å². The maximum atomic E-state index is 11.7. The molecule has 6 N–H and O–H groups in total. The van der Waals surface area contributed by atoms with E-state index in [0.717, 1.165) is 10.8 Å². The van der Waals surface area contributed by atoms with Gasteiger partial charge in [0, 0.05) is 6.20 Å². The van der Waals surface area contributed by atoms with Crippen LogP contribution >= 0.6 is 15.6 Å². The molecule has 17 heteroatoms. The van der Waals surface area contributed by atoms with Crippen LogP contribution < -0.4 is 45.9 Å². The molecule has 1 aliphatic rings. The van der Waals surface area contributed by atoms with Crippen molar-refractivity contribution < 1.29 is 77.2 Å². The van der Waals surface area contributed by atoms with Crippen LogP contribution in [0.1, 0.15) is 6.23 Å². The fourth-order valence-corrected chi connectivity index (χ4v) is 3.60. The van der Waals surface area contributed by atoms with E-state index in [0.29, 0.717) is 0 Å². The third-order valence-corrected chi connectivity index (χ3v) is 5.18. The molecule has 0 saturated carbocycles. The van der Waals surface area contributed by atoms with Crippen LogP contribution in [0.3, 0.4) is 0 Å². The predicted octanol–water partition coefficient (Wildman–Crippen LogP) is -5.96. The summed E-state index contributed by atoms with van der Waals surface area (Å²) in [5, 5.41) is 19.8. The number of nitrogen functional groups attached to an aromatic ring is 1. The van der Waals surface area contributed by atoms with Crippen LogP contribution in [0.5, 0.6) is 0 Å². The van der Waals surface area contributed by atoms with E-state index >= 15 is 0 Å². The van der Waals surface area contributed by atoms with Gasteiger partial charge in [0.15, 0.2) is 6.23 Å². The number of hydrogen-bond donors (Lipinski definition) is 5. The summed E-state index contributed by atoms with van der Waals surface area (Å²) in [5.74, 6) is -0.0870. The Hall–Kier alpha value is -0.180. The summed E-state index contributed by atoms with van der Waals surface area (Å²) in [4.78, 5) is 43.3. The fourth-order valence-electron chi connectivity index (χ4n) is 2.03. The molecule has 1 aromatic heterocycles. The Morgan fingerprint density at radius 1 is 1.35 bits per heavy atom. The van der Waals surface area contributed by atoms with E-state index in [1.54, 1.807) is 0 Å². The zero-order chi connectivity index (χ0) is 19.0. The molecule has 2 rings (SSSR count). The number of hydrogen-bond acceptors (Lipinski definition) is 11. The first kappa shape index (κ1) is 23.9. The van der Waals surface area contributed by atoms with Crippen molar-refractivity contribution in [3.8, 4) is 0 Å². The second kappa shape index (κ2) is 8.88. The summed E-state index contributed by atoms with van der Waals surface area (Å²) < 4.78 is 35.4. The predicted molar refractivity (Wildman–Crippen MR) is 75.5 cm³/mol. The molecule has 2 heterocycles. The average Bonchev–Trinajstić information content (AvgIpc) is 2.71. The minimum absolute atomic E-state index is 0. The van der Waals surface area contributed by atoms with Crippen molar-refractivity contribution in [3.63, 3.8) is 0 Å². The summed E-state index contributed by atoms with van der Waals surface area (Å²) in [5.41, 5.74) is 4.43. The number of phosphoric ester groups is 1. The van der Waals surface area contributed by atoms with E-state index < -0.39 is 52.5 Å². The van der Waals surface area contributed by atoms with Crippen molar-refractivity contribution in [2.75, 3.05) is 12.3 Å². The molecule has 1 saturated heterocycles. The van der Waals surface area contributed by atoms with Crippen molar-refractivity contribution in [2.45, 2.75) is 24.5 Å². The zero-order valence-electron chi connectivity index (χ0n) is 13.2. The fraction of sp³-hybridized carbons (Fsp3) is 0.556. The van der Waals surface area contributed by atoms with Gasteiger partial charge in [0.05, 0.1) is 6.61 Å². The molecule has 0 bridgehead atoms. The van der Waals surface area contributed by atoms with Gasteiger partial charge in [-0.25, -0.2) is 13.7 Å². The molecule has 1 aromatic rings. The Balaban J connectivity index is 0.00000338. The molecule has 0 radical (unpaired) electrons. The van der Waals surface area contributed by atoms with Gasteiger partial charge in [0.1, 0.15) is 24.1 Å². The van der Waals surface area contributed by atoms with Gasteiger partial charge in [-0.05, 0) is 6.07 Å². The summed E-state index contributed by atoms with van der Waals surface area (Å²) in [6, 6.07) is 1.23. The molecule has 26 heavy (non-hydrogen) atoms. The SMILES string of the molecule is Nc1ccn(C2OC(COP(=O)([O-])OP(=O)(O)O)C(O)C2O)c(=O)n1.[Na+]. The first-order valence-electron chi connectivity index (χ1n) is 6.48. The van der Waals surface area contributed by atoms with Crippen molar-refractivity contribution in [1.82, 2.24) is 9.55 Å². The molecule has 0 aromatic carbocycles. The Bertz CT molecular complexity index is 784. The molecule has 14 nitrogen and oxygen atoms in total. The van der Waals surface area contributed by atoms with Crippen molar-refractivity contribution >= 4 is 21.5 Å². The third-order valence-electron chi connectivity index (χ3n) is 3.07. The van der Waals surface area contributed by atoms with Gasteiger partial charge in [0.2, 0.25) is 0 Å². The molecule has 142 valence electrons. The molecular formula is C9H14N3NaO11P2. The van der Waals surface area contributed by atoms with Crippen molar-refractivity contribution in [3.05, 3.63) is 22.7 Å². The first-order chi connectivity index (χ1) is 11.4. The number of aromatic nitrogens is 2. The van der Waals surface area contributed by atoms with Gasteiger partial charge in [0.25, 0.3) is 7.82 Å². The Labute approximate surface area is 167 Å². The molecular weight excluding hydrogens is 411 g/mol. The maximum absolute atomic E-state index is 11.7. The van der Waals surface area contributed by atoms with E-state index in [1.165, 1.54) is 6.07 Å². The van der Waals surface area contributed by atoms with Crippen LogP contribution in [-0.4, -0.2) is 54.5 Å². The van der Waals surface area contributed by atoms with Crippen LogP contribution in [0, 0.1) is 0 Å². The molecule has 5 unspecified atom stereocenters. The Morgan fingerprint density at radius 3 is 2.50 bits per heavy atom. The smallest absolute Gasteiger partial charge is 0.756 e. The average molecular weight is 425 g/mol. The second-order valence-electron chi connectivity index (χ2n) is 4.90. The third kappa shape index (κ3) is 6.17. The van der Waals surface area contributed by atoms with E-state index in [-0.39, 0.29) is 35.4 Å². The number of aliphatic hydroxyl groups is 2. The number of rotatable bonds is 6. The number of nitrogens with two attached hydrogens (primary N) is 1. The number of aliphatic hydroxyl groups excluding tert-OH is 2. The van der Waals surface area contributed by atoms with Gasteiger partial charge in [-0.3, -0.25) is 9.13 Å². The van der Waals surface area contributed by atoms with Gasteiger partial charge < -0.3 is 39.9 Å². The summed E-state index contributed by atoms with van der Waals surface area (Å²) in [6.07, 6.45) is -5.05. The van der Waals surface area contributed by atoms with Crippen LogP contribution in [-0.2, 0) is 22.7 Å². The van der Waals surface area contributed by atoms with E-state index in [4.69, 9.17) is 20.3 Å². The maximum Gasteiger partial charge on any atom is 1.00 e. The molecule has 0 amide bonds. The summed E-state index contributed by atoms with van der Waals surface area (Å²) in [6.45, 7) is -0.938. The number of nitrogens with zero attached hydrogens (tertiary/aromatic N) is 2.